The van der Waals surface area contributed by atoms with Gasteiger partial charge in [0.15, 0.2) is 6.61 Å². The molecule has 2 rings (SSSR count). The van der Waals surface area contributed by atoms with Crippen LogP contribution < -0.4 is 5.32 Å². The summed E-state index contributed by atoms with van der Waals surface area (Å²) in [7, 11) is 0. The Morgan fingerprint density at radius 1 is 1.19 bits per heavy atom. The largest absolute Gasteiger partial charge is 0.452 e. The molecule has 1 saturated carbocycles. The van der Waals surface area contributed by atoms with Crippen molar-refractivity contribution in [2.45, 2.75) is 39.2 Å². The highest BCUT2D eigenvalue weighted by Gasteiger charge is 2.28. The fourth-order valence-corrected chi connectivity index (χ4v) is 2.82. The van der Waals surface area contributed by atoms with Gasteiger partial charge in [0.25, 0.3) is 5.91 Å². The minimum absolute atomic E-state index is 0.191. The third kappa shape index (κ3) is 4.31. The highest BCUT2D eigenvalue weighted by Crippen LogP contribution is 2.29. The second-order valence-electron chi connectivity index (χ2n) is 5.88. The van der Waals surface area contributed by atoms with E-state index in [0.29, 0.717) is 17.4 Å². The number of ether oxygens (including phenoxy) is 1. The number of esters is 1. The molecule has 21 heavy (non-hydrogen) atoms. The molecule has 0 bridgehead atoms. The maximum atomic E-state index is 11.9. The number of hydrogen-bond acceptors (Lipinski definition) is 3. The van der Waals surface area contributed by atoms with E-state index in [1.165, 1.54) is 6.42 Å². The predicted molar refractivity (Wildman–Crippen MR) is 80.8 cm³/mol. The van der Waals surface area contributed by atoms with Crippen LogP contribution in [0.2, 0.25) is 0 Å². The standard InChI is InChI=1S/C17H23NO3/c1-12-7-6-10-15(13(12)2)18-16(19)11-21-17(20)14-8-4-3-5-9-14/h3-5,8-9,12-13,15H,6-7,10-11H2,1-2H3,(H,18,19)/t12-,13+,15+/m1/s1. The molecule has 1 fully saturated rings. The number of benzene rings is 1. The SMILES string of the molecule is C[C@H]1[C@H](C)CCC[C@@H]1NC(=O)COC(=O)c1ccccc1. The Balaban J connectivity index is 1.78. The zero-order valence-corrected chi connectivity index (χ0v) is 12.7. The van der Waals surface area contributed by atoms with Gasteiger partial charge in [0.05, 0.1) is 5.56 Å². The first-order valence-electron chi connectivity index (χ1n) is 7.59. The Hall–Kier alpha value is -1.84. The average Bonchev–Trinajstić information content (AvgIpc) is 2.50. The molecule has 4 heteroatoms. The lowest BCUT2D eigenvalue weighted by Crippen LogP contribution is -2.45. The molecule has 1 amide bonds. The maximum absolute atomic E-state index is 11.9. The van der Waals surface area contributed by atoms with E-state index in [1.54, 1.807) is 24.3 Å². The first-order chi connectivity index (χ1) is 10.1. The summed E-state index contributed by atoms with van der Waals surface area (Å²) in [5, 5.41) is 2.99. The minimum Gasteiger partial charge on any atom is -0.452 e. The Kier molecular flexibility index (Phi) is 5.37. The first kappa shape index (κ1) is 15.5. The van der Waals surface area contributed by atoms with Gasteiger partial charge in [-0.2, -0.15) is 0 Å². The van der Waals surface area contributed by atoms with Crippen LogP contribution in [0.3, 0.4) is 0 Å². The van der Waals surface area contributed by atoms with Crippen LogP contribution in [0.4, 0.5) is 0 Å². The molecule has 0 aromatic heterocycles. The van der Waals surface area contributed by atoms with Crippen molar-refractivity contribution in [2.75, 3.05) is 6.61 Å². The lowest BCUT2D eigenvalue weighted by molar-refractivity contribution is -0.125. The summed E-state index contributed by atoms with van der Waals surface area (Å²) in [6.07, 6.45) is 3.36. The topological polar surface area (TPSA) is 55.4 Å². The molecular weight excluding hydrogens is 266 g/mol. The summed E-state index contributed by atoms with van der Waals surface area (Å²) in [5.74, 6) is 0.407. The lowest BCUT2D eigenvalue weighted by atomic mass is 9.78. The maximum Gasteiger partial charge on any atom is 0.338 e. The molecule has 0 spiro atoms. The van der Waals surface area contributed by atoms with E-state index in [9.17, 15) is 9.59 Å². The van der Waals surface area contributed by atoms with Crippen LogP contribution in [0.15, 0.2) is 30.3 Å². The van der Waals surface area contributed by atoms with Gasteiger partial charge in [0.2, 0.25) is 0 Å². The van der Waals surface area contributed by atoms with Crippen molar-refractivity contribution in [3.63, 3.8) is 0 Å². The van der Waals surface area contributed by atoms with E-state index in [2.05, 4.69) is 19.2 Å². The van der Waals surface area contributed by atoms with Gasteiger partial charge < -0.3 is 10.1 Å². The van der Waals surface area contributed by atoms with E-state index in [-0.39, 0.29) is 18.6 Å². The summed E-state index contributed by atoms with van der Waals surface area (Å²) in [6, 6.07) is 8.89. The summed E-state index contributed by atoms with van der Waals surface area (Å²) in [5.41, 5.74) is 0.463. The van der Waals surface area contributed by atoms with Crippen LogP contribution in [-0.4, -0.2) is 24.5 Å². The first-order valence-corrected chi connectivity index (χ1v) is 7.59. The molecule has 1 aromatic rings. The van der Waals surface area contributed by atoms with Gasteiger partial charge in [-0.3, -0.25) is 4.79 Å². The van der Waals surface area contributed by atoms with Crippen molar-refractivity contribution >= 4 is 11.9 Å². The number of carbonyl (C=O) groups is 2. The molecule has 4 nitrogen and oxygen atoms in total. The molecule has 0 radical (unpaired) electrons. The molecular formula is C17H23NO3. The number of rotatable bonds is 4. The zero-order chi connectivity index (χ0) is 15.2. The van der Waals surface area contributed by atoms with E-state index >= 15 is 0 Å². The van der Waals surface area contributed by atoms with Gasteiger partial charge in [-0.25, -0.2) is 4.79 Å². The van der Waals surface area contributed by atoms with Crippen LogP contribution in [-0.2, 0) is 9.53 Å². The number of amides is 1. The molecule has 0 aliphatic heterocycles. The van der Waals surface area contributed by atoms with Gasteiger partial charge in [-0.1, -0.05) is 44.9 Å². The van der Waals surface area contributed by atoms with Crippen LogP contribution >= 0.6 is 0 Å². The molecule has 3 atom stereocenters. The van der Waals surface area contributed by atoms with E-state index < -0.39 is 5.97 Å². The van der Waals surface area contributed by atoms with Gasteiger partial charge >= 0.3 is 5.97 Å². The van der Waals surface area contributed by atoms with Crippen molar-refractivity contribution in [2.24, 2.45) is 11.8 Å². The highest BCUT2D eigenvalue weighted by molar-refractivity contribution is 5.91. The van der Waals surface area contributed by atoms with Crippen LogP contribution in [0.1, 0.15) is 43.5 Å². The fraction of sp³-hybridized carbons (Fsp3) is 0.529. The molecule has 1 aliphatic carbocycles. The van der Waals surface area contributed by atoms with Gasteiger partial charge in [-0.05, 0) is 30.4 Å². The molecule has 1 aliphatic rings. The summed E-state index contributed by atoms with van der Waals surface area (Å²) < 4.78 is 5.04. The quantitative estimate of drug-likeness (QED) is 0.867. The van der Waals surface area contributed by atoms with Gasteiger partial charge in [0, 0.05) is 6.04 Å². The number of carbonyl (C=O) groups excluding carboxylic acids is 2. The van der Waals surface area contributed by atoms with Crippen LogP contribution in [0.5, 0.6) is 0 Å². The second-order valence-corrected chi connectivity index (χ2v) is 5.88. The van der Waals surface area contributed by atoms with Crippen molar-refractivity contribution in [1.29, 1.82) is 0 Å². The Bertz CT molecular complexity index is 486. The van der Waals surface area contributed by atoms with E-state index in [4.69, 9.17) is 4.74 Å². The van der Waals surface area contributed by atoms with Gasteiger partial charge in [0.1, 0.15) is 0 Å². The monoisotopic (exact) mass is 289 g/mol. The molecule has 114 valence electrons. The lowest BCUT2D eigenvalue weighted by Gasteiger charge is -2.34. The second kappa shape index (κ2) is 7.25. The fourth-order valence-electron chi connectivity index (χ4n) is 2.82. The number of hydrogen-bond donors (Lipinski definition) is 1. The van der Waals surface area contributed by atoms with E-state index in [1.807, 2.05) is 6.07 Å². The van der Waals surface area contributed by atoms with Crippen LogP contribution in [0.25, 0.3) is 0 Å². The van der Waals surface area contributed by atoms with Crippen molar-refractivity contribution < 1.29 is 14.3 Å². The normalized spacial score (nSPS) is 25.1. The Morgan fingerprint density at radius 2 is 1.90 bits per heavy atom. The van der Waals surface area contributed by atoms with E-state index in [0.717, 1.165) is 12.8 Å². The summed E-state index contributed by atoms with van der Waals surface area (Å²) in [6.45, 7) is 4.18. The minimum atomic E-state index is -0.462. The smallest absolute Gasteiger partial charge is 0.338 e. The molecule has 1 aromatic carbocycles. The zero-order valence-electron chi connectivity index (χ0n) is 12.7. The molecule has 1 N–H and O–H groups in total. The van der Waals surface area contributed by atoms with Crippen molar-refractivity contribution in [3.05, 3.63) is 35.9 Å². The summed E-state index contributed by atoms with van der Waals surface area (Å²) >= 11 is 0. The summed E-state index contributed by atoms with van der Waals surface area (Å²) in [4.78, 5) is 23.7. The Morgan fingerprint density at radius 3 is 2.62 bits per heavy atom. The highest BCUT2D eigenvalue weighted by atomic mass is 16.5. The number of nitrogens with one attached hydrogen (secondary N) is 1. The molecule has 0 unspecified atom stereocenters. The third-order valence-electron chi connectivity index (χ3n) is 4.40. The molecule has 0 saturated heterocycles. The molecule has 0 heterocycles. The Labute approximate surface area is 125 Å². The third-order valence-corrected chi connectivity index (χ3v) is 4.40. The van der Waals surface area contributed by atoms with Gasteiger partial charge in [-0.15, -0.1) is 0 Å². The van der Waals surface area contributed by atoms with Crippen molar-refractivity contribution in [3.8, 4) is 0 Å². The van der Waals surface area contributed by atoms with Crippen LogP contribution in [0, 0.1) is 11.8 Å². The average molecular weight is 289 g/mol. The van der Waals surface area contributed by atoms with Crippen molar-refractivity contribution in [1.82, 2.24) is 5.32 Å². The predicted octanol–water partition coefficient (Wildman–Crippen LogP) is 2.78.